The number of benzene rings is 6. The summed E-state index contributed by atoms with van der Waals surface area (Å²) in [5.74, 6) is -0.368. The number of amides is 2. The van der Waals surface area contributed by atoms with Crippen molar-refractivity contribution in [3.8, 4) is 23.0 Å². The molecule has 2 aromatic heterocycles. The first-order valence-corrected chi connectivity index (χ1v) is 20.4. The van der Waals surface area contributed by atoms with E-state index in [4.69, 9.17) is 14.2 Å². The van der Waals surface area contributed by atoms with Crippen LogP contribution in [-0.4, -0.2) is 56.0 Å². The summed E-state index contributed by atoms with van der Waals surface area (Å²) in [5.41, 5.74) is 5.46. The van der Waals surface area contributed by atoms with Crippen molar-refractivity contribution in [2.75, 3.05) is 14.2 Å². The third-order valence-electron chi connectivity index (χ3n) is 11.4. The first-order valence-electron chi connectivity index (χ1n) is 20.4. The molecule has 2 amide bonds. The van der Waals surface area contributed by atoms with Crippen LogP contribution in [0.3, 0.4) is 0 Å². The Morgan fingerprint density at radius 1 is 0.641 bits per heavy atom. The number of hydrogen-bond acceptors (Lipinski definition) is 9. The van der Waals surface area contributed by atoms with Gasteiger partial charge in [0.15, 0.2) is 17.7 Å². The van der Waals surface area contributed by atoms with Gasteiger partial charge >= 0.3 is 0 Å². The van der Waals surface area contributed by atoms with Crippen LogP contribution < -0.4 is 14.2 Å². The summed E-state index contributed by atoms with van der Waals surface area (Å²) in [5, 5.41) is 23.3. The molecule has 64 heavy (non-hydrogen) atoms. The van der Waals surface area contributed by atoms with Gasteiger partial charge in [-0.05, 0) is 70.8 Å². The number of carbonyl (C=O) groups is 2. The summed E-state index contributed by atoms with van der Waals surface area (Å²) in [6, 6.07) is 38.4. The van der Waals surface area contributed by atoms with E-state index in [-0.39, 0.29) is 46.7 Å². The number of fused-ring (bicyclic) bond motifs is 4. The molecular formula is C51H40F2N4O7. The number of aromatic nitrogens is 2. The van der Waals surface area contributed by atoms with Crippen molar-refractivity contribution >= 4 is 33.6 Å². The minimum absolute atomic E-state index is 0.0716. The van der Waals surface area contributed by atoms with E-state index in [1.807, 2.05) is 66.7 Å². The largest absolute Gasteiger partial charge is 0.505 e. The highest BCUT2D eigenvalue weighted by Gasteiger charge is 2.43. The van der Waals surface area contributed by atoms with Crippen LogP contribution in [0.4, 0.5) is 8.78 Å². The maximum Gasteiger partial charge on any atom is 0.260 e. The average Bonchev–Trinajstić information content (AvgIpc) is 3.78. The summed E-state index contributed by atoms with van der Waals surface area (Å²) in [4.78, 5) is 38.5. The van der Waals surface area contributed by atoms with Crippen LogP contribution >= 0.6 is 0 Å². The van der Waals surface area contributed by atoms with Gasteiger partial charge in [0.05, 0.1) is 37.5 Å². The quantitative estimate of drug-likeness (QED) is 0.138. The molecule has 4 heterocycles. The van der Waals surface area contributed by atoms with E-state index in [1.165, 1.54) is 43.4 Å². The van der Waals surface area contributed by atoms with E-state index in [1.54, 1.807) is 59.8 Å². The number of pyridine rings is 2. The van der Waals surface area contributed by atoms with Crippen molar-refractivity contribution in [2.24, 2.45) is 0 Å². The normalized spacial score (nSPS) is 14.1. The molecule has 8 aromatic rings. The van der Waals surface area contributed by atoms with Gasteiger partial charge in [-0.1, -0.05) is 84.9 Å². The molecule has 2 N–H and O–H groups in total. The SMILES string of the molecule is COc1c2c(c(O)c3ncccc13)C(=O)N(Cc1ccc(F)cc1)C2.COc1c2c(c(OC(c3ccccc3)c3ccccc3)c3ncccc13)C(=O)N(Cc1ccc(F)cc1)C2O. The van der Waals surface area contributed by atoms with E-state index < -0.39 is 18.2 Å². The molecule has 320 valence electrons. The second-order valence-electron chi connectivity index (χ2n) is 15.2. The molecular weight excluding hydrogens is 819 g/mol. The number of aromatic hydroxyl groups is 1. The van der Waals surface area contributed by atoms with Gasteiger partial charge in [-0.25, -0.2) is 8.78 Å². The van der Waals surface area contributed by atoms with Crippen LogP contribution in [0.2, 0.25) is 0 Å². The van der Waals surface area contributed by atoms with Crippen molar-refractivity contribution < 1.29 is 42.8 Å². The highest BCUT2D eigenvalue weighted by atomic mass is 19.1. The van der Waals surface area contributed by atoms with Crippen LogP contribution in [0, 0.1) is 11.6 Å². The standard InChI is InChI=1S/C32H25FN2O4.C19H15FN2O3/c1-38-29-24-13-8-18-34-27(24)30(39-28(21-9-4-2-5-10-21)22-11-6-3-7-12-22)26-25(29)31(36)35(32(26)37)19-20-14-16-23(33)17-15-20;1-25-18-13-3-2-8-21-16(13)17(23)15-14(18)10-22(19(15)24)9-11-4-6-12(20)7-5-11/h2-18,28,31,36H,19H2,1H3;2-8,23H,9-10H2,1H3. The zero-order chi connectivity index (χ0) is 44.5. The van der Waals surface area contributed by atoms with Crippen molar-refractivity contribution in [3.63, 3.8) is 0 Å². The van der Waals surface area contributed by atoms with Crippen molar-refractivity contribution in [1.29, 1.82) is 0 Å². The lowest BCUT2D eigenvalue weighted by Gasteiger charge is -2.23. The number of nitrogens with zero attached hydrogens (tertiary/aromatic N) is 4. The molecule has 6 aromatic carbocycles. The molecule has 10 rings (SSSR count). The van der Waals surface area contributed by atoms with Gasteiger partial charge in [0, 0.05) is 41.8 Å². The van der Waals surface area contributed by atoms with E-state index >= 15 is 0 Å². The first kappa shape index (κ1) is 41.5. The Kier molecular flexibility index (Phi) is 11.3. The molecule has 0 saturated heterocycles. The smallest absolute Gasteiger partial charge is 0.260 e. The molecule has 13 heteroatoms. The minimum Gasteiger partial charge on any atom is -0.505 e. The zero-order valence-corrected chi connectivity index (χ0v) is 34.6. The van der Waals surface area contributed by atoms with E-state index in [0.29, 0.717) is 63.1 Å². The summed E-state index contributed by atoms with van der Waals surface area (Å²) >= 11 is 0. The zero-order valence-electron chi connectivity index (χ0n) is 34.6. The van der Waals surface area contributed by atoms with Gasteiger partial charge in [-0.3, -0.25) is 19.6 Å². The van der Waals surface area contributed by atoms with E-state index in [0.717, 1.165) is 16.7 Å². The number of phenolic OH excluding ortho intramolecular Hbond substituents is 1. The average molecular weight is 859 g/mol. The third kappa shape index (κ3) is 7.55. The molecule has 0 bridgehead atoms. The molecule has 0 saturated carbocycles. The molecule has 0 aliphatic carbocycles. The van der Waals surface area contributed by atoms with Crippen LogP contribution in [0.15, 0.2) is 146 Å². The number of halogens is 2. The van der Waals surface area contributed by atoms with Crippen LogP contribution in [-0.2, 0) is 19.6 Å². The van der Waals surface area contributed by atoms with Crippen molar-refractivity contribution in [2.45, 2.75) is 32.0 Å². The number of carbonyl (C=O) groups excluding carboxylic acids is 2. The highest BCUT2D eigenvalue weighted by molar-refractivity contribution is 6.10. The summed E-state index contributed by atoms with van der Waals surface area (Å²) < 4.78 is 44.6. The van der Waals surface area contributed by atoms with Gasteiger partial charge in [0.25, 0.3) is 11.8 Å². The number of ether oxygens (including phenoxy) is 3. The van der Waals surface area contributed by atoms with Crippen molar-refractivity contribution in [3.05, 3.63) is 202 Å². The number of methoxy groups -OCH3 is 2. The highest BCUT2D eigenvalue weighted by Crippen LogP contribution is 2.50. The number of hydrogen-bond donors (Lipinski definition) is 2. The predicted molar refractivity (Wildman–Crippen MR) is 235 cm³/mol. The molecule has 1 unspecified atom stereocenters. The predicted octanol–water partition coefficient (Wildman–Crippen LogP) is 9.44. The molecule has 1 atom stereocenters. The van der Waals surface area contributed by atoms with Crippen LogP contribution in [0.5, 0.6) is 23.0 Å². The molecule has 0 radical (unpaired) electrons. The third-order valence-corrected chi connectivity index (χ3v) is 11.4. The lowest BCUT2D eigenvalue weighted by molar-refractivity contribution is 0.0129. The Bertz CT molecular complexity index is 2990. The van der Waals surface area contributed by atoms with Gasteiger partial charge < -0.3 is 34.2 Å². The fourth-order valence-corrected chi connectivity index (χ4v) is 8.41. The number of rotatable bonds is 10. The maximum absolute atomic E-state index is 14.0. The Morgan fingerprint density at radius 3 is 1.73 bits per heavy atom. The first-order chi connectivity index (χ1) is 31.2. The molecule has 2 aliphatic rings. The van der Waals surface area contributed by atoms with Gasteiger partial charge in [0.2, 0.25) is 0 Å². The second-order valence-corrected chi connectivity index (χ2v) is 15.2. The van der Waals surface area contributed by atoms with Gasteiger partial charge in [-0.15, -0.1) is 0 Å². The summed E-state index contributed by atoms with van der Waals surface area (Å²) in [6.45, 7) is 0.704. The van der Waals surface area contributed by atoms with Crippen LogP contribution in [0.1, 0.15) is 66.4 Å². The van der Waals surface area contributed by atoms with E-state index in [9.17, 15) is 28.6 Å². The molecule has 0 spiro atoms. The number of aliphatic hydroxyl groups is 1. The molecule has 0 fully saturated rings. The van der Waals surface area contributed by atoms with Crippen molar-refractivity contribution in [1.82, 2.24) is 19.8 Å². The summed E-state index contributed by atoms with van der Waals surface area (Å²) in [6.07, 6.45) is 1.34. The van der Waals surface area contributed by atoms with Crippen LogP contribution in [0.25, 0.3) is 21.8 Å². The fourth-order valence-electron chi connectivity index (χ4n) is 8.41. The van der Waals surface area contributed by atoms with Gasteiger partial charge in [-0.2, -0.15) is 0 Å². The minimum atomic E-state index is -1.30. The Labute approximate surface area is 366 Å². The lowest BCUT2D eigenvalue weighted by atomic mass is 9.99. The number of phenols is 1. The van der Waals surface area contributed by atoms with Gasteiger partial charge in [0.1, 0.15) is 40.3 Å². The lowest BCUT2D eigenvalue weighted by Crippen LogP contribution is -2.27. The second kappa shape index (κ2) is 17.5. The maximum atomic E-state index is 14.0. The van der Waals surface area contributed by atoms with E-state index in [2.05, 4.69) is 9.97 Å². The monoisotopic (exact) mass is 858 g/mol. The fraction of sp³-hybridized carbons (Fsp3) is 0.137. The molecule has 11 nitrogen and oxygen atoms in total. The Hall–Kier alpha value is -7.90. The molecule has 2 aliphatic heterocycles. The Morgan fingerprint density at radius 2 is 1.17 bits per heavy atom. The Balaban J connectivity index is 0.000000178. The summed E-state index contributed by atoms with van der Waals surface area (Å²) in [7, 11) is 3.03. The topological polar surface area (TPSA) is 135 Å². The number of aliphatic hydroxyl groups excluding tert-OH is 1.